The van der Waals surface area contributed by atoms with E-state index < -0.39 is 12.2 Å². The van der Waals surface area contributed by atoms with Crippen LogP contribution in [0, 0.1) is 0 Å². The summed E-state index contributed by atoms with van der Waals surface area (Å²) in [5.74, 6) is 0.0303. The molecule has 1 aliphatic carbocycles. The number of nitrogens with one attached hydrogen (secondary N) is 2. The molecule has 8 nitrogen and oxygen atoms in total. The third-order valence-electron chi connectivity index (χ3n) is 6.29. The molecule has 0 unspecified atom stereocenters. The SMILES string of the molecule is COC(=O)NCCCc1sc([C@@H](C)N(C(=O)[C@H]2CN[C@@H](C)CO2)C2CC2)nc1-c1cccc(Cl)c1. The minimum Gasteiger partial charge on any atom is -0.453 e. The molecule has 2 heterocycles. The van der Waals surface area contributed by atoms with E-state index in [0.717, 1.165) is 46.8 Å². The first-order valence-electron chi connectivity index (χ1n) is 12.1. The molecule has 3 atom stereocenters. The van der Waals surface area contributed by atoms with Crippen molar-refractivity contribution in [2.24, 2.45) is 0 Å². The monoisotopic (exact) mass is 520 g/mol. The zero-order valence-corrected chi connectivity index (χ0v) is 22.0. The van der Waals surface area contributed by atoms with Crippen LogP contribution in [-0.4, -0.2) is 66.9 Å². The van der Waals surface area contributed by atoms with E-state index in [1.54, 1.807) is 11.3 Å². The molecule has 2 N–H and O–H groups in total. The molecular formula is C25H33ClN4O4S. The van der Waals surface area contributed by atoms with E-state index in [1.807, 2.05) is 29.2 Å². The van der Waals surface area contributed by atoms with Crippen molar-refractivity contribution in [2.75, 3.05) is 26.8 Å². The molecule has 0 spiro atoms. The number of hydrogen-bond acceptors (Lipinski definition) is 7. The Kier molecular flexibility index (Phi) is 8.64. The third kappa shape index (κ3) is 6.52. The van der Waals surface area contributed by atoms with Crippen molar-refractivity contribution in [3.63, 3.8) is 0 Å². The van der Waals surface area contributed by atoms with Crippen LogP contribution in [0.2, 0.25) is 5.02 Å². The number of halogens is 1. The molecule has 1 aliphatic heterocycles. The normalized spacial score (nSPS) is 20.8. The molecule has 35 heavy (non-hydrogen) atoms. The quantitative estimate of drug-likeness (QED) is 0.482. The molecule has 190 valence electrons. The van der Waals surface area contributed by atoms with Crippen molar-refractivity contribution >= 4 is 34.9 Å². The maximum Gasteiger partial charge on any atom is 0.406 e. The number of thiazole rings is 1. The summed E-state index contributed by atoms with van der Waals surface area (Å²) >= 11 is 7.90. The van der Waals surface area contributed by atoms with Gasteiger partial charge in [-0.05, 0) is 51.7 Å². The molecule has 4 rings (SSSR count). The fourth-order valence-corrected chi connectivity index (χ4v) is 5.63. The number of morpholine rings is 1. The lowest BCUT2D eigenvalue weighted by Gasteiger charge is -2.34. The van der Waals surface area contributed by atoms with Gasteiger partial charge in [-0.1, -0.05) is 23.7 Å². The molecule has 2 aromatic rings. The Hall–Kier alpha value is -2.20. The number of methoxy groups -OCH3 is 1. The first-order valence-corrected chi connectivity index (χ1v) is 13.3. The zero-order valence-electron chi connectivity index (χ0n) is 20.4. The number of aryl methyl sites for hydroxylation is 1. The van der Waals surface area contributed by atoms with Gasteiger partial charge in [0.15, 0.2) is 0 Å². The van der Waals surface area contributed by atoms with Gasteiger partial charge in [0.2, 0.25) is 0 Å². The Labute approximate surface area is 215 Å². The number of carbonyl (C=O) groups excluding carboxylic acids is 2. The molecule has 0 bridgehead atoms. The Bertz CT molecular complexity index is 1040. The highest BCUT2D eigenvalue weighted by Gasteiger charge is 2.41. The van der Waals surface area contributed by atoms with Gasteiger partial charge in [0.25, 0.3) is 5.91 Å². The number of nitrogens with zero attached hydrogens (tertiary/aromatic N) is 2. The van der Waals surface area contributed by atoms with E-state index in [1.165, 1.54) is 7.11 Å². The van der Waals surface area contributed by atoms with Crippen molar-refractivity contribution in [3.05, 3.63) is 39.2 Å². The minimum atomic E-state index is -0.467. The van der Waals surface area contributed by atoms with Gasteiger partial charge in [-0.25, -0.2) is 9.78 Å². The second-order valence-electron chi connectivity index (χ2n) is 9.14. The lowest BCUT2D eigenvalue weighted by molar-refractivity contribution is -0.149. The van der Waals surface area contributed by atoms with Crippen molar-refractivity contribution < 1.29 is 19.1 Å². The molecule has 10 heteroatoms. The molecular weight excluding hydrogens is 488 g/mol. The average molecular weight is 521 g/mol. The zero-order chi connectivity index (χ0) is 24.9. The second kappa shape index (κ2) is 11.7. The van der Waals surface area contributed by atoms with Crippen LogP contribution in [0.25, 0.3) is 11.3 Å². The van der Waals surface area contributed by atoms with E-state index in [-0.39, 0.29) is 24.0 Å². The number of alkyl carbamates (subject to hydrolysis) is 1. The lowest BCUT2D eigenvalue weighted by Crippen LogP contribution is -2.53. The maximum absolute atomic E-state index is 13.5. The summed E-state index contributed by atoms with van der Waals surface area (Å²) in [6.45, 7) is 5.67. The van der Waals surface area contributed by atoms with Crippen LogP contribution in [-0.2, 0) is 20.7 Å². The largest absolute Gasteiger partial charge is 0.453 e. The summed E-state index contributed by atoms with van der Waals surface area (Å²) in [6.07, 6.45) is 2.58. The average Bonchev–Trinajstić information content (AvgIpc) is 3.59. The van der Waals surface area contributed by atoms with Gasteiger partial charge in [-0.2, -0.15) is 0 Å². The first-order chi connectivity index (χ1) is 16.9. The Morgan fingerprint density at radius 1 is 1.40 bits per heavy atom. The van der Waals surface area contributed by atoms with Gasteiger partial charge < -0.3 is 25.0 Å². The van der Waals surface area contributed by atoms with Gasteiger partial charge in [-0.15, -0.1) is 11.3 Å². The predicted octanol–water partition coefficient (Wildman–Crippen LogP) is 4.18. The Balaban J connectivity index is 1.56. The summed E-state index contributed by atoms with van der Waals surface area (Å²) in [5, 5.41) is 7.62. The fraction of sp³-hybridized carbons (Fsp3) is 0.560. The lowest BCUT2D eigenvalue weighted by atomic mass is 10.1. The van der Waals surface area contributed by atoms with Gasteiger partial charge in [0.05, 0.1) is 25.5 Å². The van der Waals surface area contributed by atoms with Gasteiger partial charge in [-0.3, -0.25) is 4.79 Å². The van der Waals surface area contributed by atoms with Crippen molar-refractivity contribution in [1.29, 1.82) is 0 Å². The number of carbonyl (C=O) groups is 2. The van der Waals surface area contributed by atoms with Crippen LogP contribution in [0.4, 0.5) is 4.79 Å². The summed E-state index contributed by atoms with van der Waals surface area (Å²) in [7, 11) is 1.35. The molecule has 2 aliphatic rings. The first kappa shape index (κ1) is 25.9. The summed E-state index contributed by atoms with van der Waals surface area (Å²) in [6, 6.07) is 7.98. The number of benzene rings is 1. The number of ether oxygens (including phenoxy) is 2. The summed E-state index contributed by atoms with van der Waals surface area (Å²) < 4.78 is 10.5. The summed E-state index contributed by atoms with van der Waals surface area (Å²) in [5.41, 5.74) is 1.83. The smallest absolute Gasteiger partial charge is 0.406 e. The van der Waals surface area contributed by atoms with E-state index >= 15 is 0 Å². The highest BCUT2D eigenvalue weighted by Crippen LogP contribution is 2.39. The topological polar surface area (TPSA) is 92.8 Å². The van der Waals surface area contributed by atoms with Crippen LogP contribution < -0.4 is 10.6 Å². The highest BCUT2D eigenvalue weighted by molar-refractivity contribution is 7.12. The fourth-order valence-electron chi connectivity index (χ4n) is 4.26. The van der Waals surface area contributed by atoms with Gasteiger partial charge >= 0.3 is 6.09 Å². The van der Waals surface area contributed by atoms with Crippen LogP contribution in [0.5, 0.6) is 0 Å². The van der Waals surface area contributed by atoms with Gasteiger partial charge in [0.1, 0.15) is 11.1 Å². The predicted molar refractivity (Wildman–Crippen MR) is 137 cm³/mol. The van der Waals surface area contributed by atoms with Crippen molar-refractivity contribution in [1.82, 2.24) is 20.5 Å². The molecule has 0 radical (unpaired) electrons. The van der Waals surface area contributed by atoms with E-state index in [9.17, 15) is 9.59 Å². The number of rotatable bonds is 9. The van der Waals surface area contributed by atoms with Crippen LogP contribution in [0.1, 0.15) is 49.0 Å². The summed E-state index contributed by atoms with van der Waals surface area (Å²) in [4.78, 5) is 33.0. The minimum absolute atomic E-state index is 0.0303. The van der Waals surface area contributed by atoms with Crippen LogP contribution in [0.15, 0.2) is 24.3 Å². The molecule has 1 aromatic carbocycles. The molecule has 2 amide bonds. The second-order valence-corrected chi connectivity index (χ2v) is 10.7. The Morgan fingerprint density at radius 2 is 2.20 bits per heavy atom. The standard InChI is InChI=1S/C25H33ClN4O4S/c1-15-14-34-20(13-28-15)24(31)30(19-9-10-19)16(2)23-29-22(17-6-4-7-18(26)12-17)21(35-23)8-5-11-27-25(32)33-3/h4,6-7,12,15-16,19-20,28H,5,8-11,13-14H2,1-3H3,(H,27,32)/t15-,16+,20+/m0/s1. The van der Waals surface area contributed by atoms with Crippen molar-refractivity contribution in [3.8, 4) is 11.3 Å². The highest BCUT2D eigenvalue weighted by atomic mass is 35.5. The van der Waals surface area contributed by atoms with E-state index in [2.05, 4.69) is 29.2 Å². The van der Waals surface area contributed by atoms with E-state index in [4.69, 9.17) is 21.3 Å². The van der Waals surface area contributed by atoms with Gasteiger partial charge in [0, 0.05) is 40.6 Å². The Morgan fingerprint density at radius 3 is 2.86 bits per heavy atom. The van der Waals surface area contributed by atoms with Crippen molar-refractivity contribution in [2.45, 2.75) is 63.8 Å². The molecule has 2 fully saturated rings. The van der Waals surface area contributed by atoms with Crippen LogP contribution in [0.3, 0.4) is 0 Å². The molecule has 1 saturated heterocycles. The number of hydrogen-bond donors (Lipinski definition) is 2. The van der Waals surface area contributed by atoms with Crippen LogP contribution >= 0.6 is 22.9 Å². The van der Waals surface area contributed by atoms with E-state index in [0.29, 0.717) is 24.7 Å². The maximum atomic E-state index is 13.5. The number of amides is 2. The molecule has 1 saturated carbocycles. The molecule has 1 aromatic heterocycles. The number of aromatic nitrogens is 1. The third-order valence-corrected chi connectivity index (χ3v) is 7.81.